The van der Waals surface area contributed by atoms with Crippen molar-refractivity contribution in [3.8, 4) is 5.88 Å². The lowest BCUT2D eigenvalue weighted by Crippen LogP contribution is -2.20. The highest BCUT2D eigenvalue weighted by molar-refractivity contribution is 9.11. The van der Waals surface area contributed by atoms with E-state index < -0.39 is 5.97 Å². The number of fused-ring (bicyclic) bond motifs is 4. The van der Waals surface area contributed by atoms with Crippen LogP contribution in [0.3, 0.4) is 0 Å². The lowest BCUT2D eigenvalue weighted by molar-refractivity contribution is 0.0728. The van der Waals surface area contributed by atoms with Crippen molar-refractivity contribution in [3.05, 3.63) is 91.6 Å². The SMILES string of the molecule is O=C(Oc1nn2c(=O)c3cc(Br)cc(Br)c3nc2c2ccccc12)c1ccccc1. The third kappa shape index (κ3) is 3.09. The maximum absolute atomic E-state index is 13.2. The number of esters is 1. The van der Waals surface area contributed by atoms with Crippen molar-refractivity contribution in [3.63, 3.8) is 0 Å². The molecule has 146 valence electrons. The van der Waals surface area contributed by atoms with Gasteiger partial charge in [-0.25, -0.2) is 9.78 Å². The number of carbonyl (C=O) groups is 1. The summed E-state index contributed by atoms with van der Waals surface area (Å²) in [5.41, 5.74) is 0.940. The zero-order valence-corrected chi connectivity index (χ0v) is 18.3. The van der Waals surface area contributed by atoms with Gasteiger partial charge in [0.15, 0.2) is 5.65 Å². The first kappa shape index (κ1) is 18.9. The van der Waals surface area contributed by atoms with Crippen molar-refractivity contribution in [2.75, 3.05) is 0 Å². The van der Waals surface area contributed by atoms with Crippen molar-refractivity contribution in [2.45, 2.75) is 0 Å². The Morgan fingerprint density at radius 3 is 2.37 bits per heavy atom. The third-order valence-electron chi connectivity index (χ3n) is 4.66. The molecule has 0 saturated carbocycles. The first-order chi connectivity index (χ1) is 14.5. The van der Waals surface area contributed by atoms with Crippen LogP contribution in [-0.2, 0) is 0 Å². The van der Waals surface area contributed by atoms with E-state index in [1.165, 1.54) is 4.52 Å². The molecule has 5 rings (SSSR count). The number of halogens is 2. The molecule has 0 radical (unpaired) electrons. The van der Waals surface area contributed by atoms with E-state index in [-0.39, 0.29) is 11.4 Å². The van der Waals surface area contributed by atoms with Crippen LogP contribution in [-0.4, -0.2) is 20.6 Å². The van der Waals surface area contributed by atoms with Crippen LogP contribution in [0, 0.1) is 0 Å². The first-order valence-electron chi connectivity index (χ1n) is 8.91. The molecule has 0 spiro atoms. The Morgan fingerprint density at radius 1 is 0.900 bits per heavy atom. The highest BCUT2D eigenvalue weighted by Crippen LogP contribution is 2.30. The molecule has 3 aromatic carbocycles. The minimum Gasteiger partial charge on any atom is -0.402 e. The maximum Gasteiger partial charge on any atom is 0.344 e. The number of ether oxygens (including phenoxy) is 1. The van der Waals surface area contributed by atoms with Gasteiger partial charge in [-0.15, -0.1) is 5.10 Å². The second-order valence-corrected chi connectivity index (χ2v) is 8.31. The summed E-state index contributed by atoms with van der Waals surface area (Å²) in [6, 6.07) is 19.4. The molecule has 2 heterocycles. The normalized spacial score (nSPS) is 11.3. The lowest BCUT2D eigenvalue weighted by atomic mass is 10.1. The van der Waals surface area contributed by atoms with Gasteiger partial charge in [-0.05, 0) is 46.3 Å². The standard InChI is InChI=1S/C22H11Br2N3O3/c23-13-10-16-18(17(24)11-13)25-19-14-8-4-5-9-15(14)20(26-27(19)21(16)28)30-22(29)12-6-2-1-3-7-12/h1-11H. The van der Waals surface area contributed by atoms with Crippen molar-refractivity contribution in [1.82, 2.24) is 14.6 Å². The van der Waals surface area contributed by atoms with Crippen LogP contribution < -0.4 is 10.3 Å². The Balaban J connectivity index is 1.81. The summed E-state index contributed by atoms with van der Waals surface area (Å²) in [7, 11) is 0. The van der Waals surface area contributed by atoms with Crippen LogP contribution in [0.2, 0.25) is 0 Å². The minimum absolute atomic E-state index is 0.0456. The molecule has 0 saturated heterocycles. The molecule has 6 nitrogen and oxygen atoms in total. The Bertz CT molecular complexity index is 1530. The van der Waals surface area contributed by atoms with Crippen molar-refractivity contribution < 1.29 is 9.53 Å². The summed E-state index contributed by atoms with van der Waals surface area (Å²) in [4.78, 5) is 30.5. The number of nitrogens with zero attached hydrogens (tertiary/aromatic N) is 3. The van der Waals surface area contributed by atoms with E-state index in [9.17, 15) is 9.59 Å². The minimum atomic E-state index is -0.556. The molecule has 2 aromatic heterocycles. The monoisotopic (exact) mass is 523 g/mol. The van der Waals surface area contributed by atoms with Crippen LogP contribution in [0.1, 0.15) is 10.4 Å². The number of aromatic nitrogens is 3. The van der Waals surface area contributed by atoms with Crippen molar-refractivity contribution >= 4 is 65.2 Å². The summed E-state index contributed by atoms with van der Waals surface area (Å²) < 4.78 is 8.18. The fourth-order valence-corrected chi connectivity index (χ4v) is 4.59. The van der Waals surface area contributed by atoms with E-state index in [4.69, 9.17) is 4.74 Å². The van der Waals surface area contributed by atoms with Gasteiger partial charge in [-0.1, -0.05) is 52.3 Å². The molecule has 0 aliphatic carbocycles. The smallest absolute Gasteiger partial charge is 0.344 e. The van der Waals surface area contributed by atoms with Gasteiger partial charge in [-0.3, -0.25) is 4.79 Å². The Kier molecular flexibility index (Phi) is 4.60. The van der Waals surface area contributed by atoms with Crippen LogP contribution in [0.5, 0.6) is 5.88 Å². The Hall–Kier alpha value is -3.10. The molecule has 0 bridgehead atoms. The van der Waals surface area contributed by atoms with Gasteiger partial charge < -0.3 is 4.74 Å². The first-order valence-corrected chi connectivity index (χ1v) is 10.5. The average molecular weight is 525 g/mol. The Labute approximate surface area is 186 Å². The third-order valence-corrected chi connectivity index (χ3v) is 5.72. The number of carbonyl (C=O) groups excluding carboxylic acids is 1. The van der Waals surface area contributed by atoms with Crippen molar-refractivity contribution in [1.29, 1.82) is 0 Å². The molecule has 0 unspecified atom stereocenters. The second kappa shape index (κ2) is 7.30. The summed E-state index contributed by atoms with van der Waals surface area (Å²) in [6.07, 6.45) is 0. The largest absolute Gasteiger partial charge is 0.402 e. The van der Waals surface area contributed by atoms with Crippen LogP contribution in [0.4, 0.5) is 0 Å². The maximum atomic E-state index is 13.2. The molecule has 30 heavy (non-hydrogen) atoms. The van der Waals surface area contributed by atoms with Gasteiger partial charge in [0.1, 0.15) is 0 Å². The Morgan fingerprint density at radius 2 is 1.60 bits per heavy atom. The quantitative estimate of drug-likeness (QED) is 0.181. The highest BCUT2D eigenvalue weighted by Gasteiger charge is 2.18. The average Bonchev–Trinajstić information content (AvgIpc) is 2.76. The summed E-state index contributed by atoms with van der Waals surface area (Å²) >= 11 is 6.87. The van der Waals surface area contributed by atoms with Gasteiger partial charge in [0.05, 0.1) is 16.5 Å². The molecule has 0 aliphatic heterocycles. The molecular formula is C22H11Br2N3O3. The fourth-order valence-electron chi connectivity index (χ4n) is 3.28. The molecule has 8 heteroatoms. The molecule has 0 N–H and O–H groups in total. The van der Waals surface area contributed by atoms with Crippen LogP contribution >= 0.6 is 31.9 Å². The topological polar surface area (TPSA) is 73.6 Å². The summed E-state index contributed by atoms with van der Waals surface area (Å²) in [5, 5.41) is 5.97. The van der Waals surface area contributed by atoms with E-state index in [2.05, 4.69) is 41.9 Å². The van der Waals surface area contributed by atoms with Crippen molar-refractivity contribution in [2.24, 2.45) is 0 Å². The van der Waals surface area contributed by atoms with Gasteiger partial charge in [-0.2, -0.15) is 4.52 Å². The van der Waals surface area contributed by atoms with Gasteiger partial charge in [0.25, 0.3) is 5.56 Å². The van der Waals surface area contributed by atoms with E-state index in [0.29, 0.717) is 37.4 Å². The molecule has 5 aromatic rings. The fraction of sp³-hybridized carbons (Fsp3) is 0. The van der Waals surface area contributed by atoms with E-state index in [1.54, 1.807) is 36.4 Å². The molecule has 0 amide bonds. The number of hydrogen-bond acceptors (Lipinski definition) is 5. The van der Waals surface area contributed by atoms with Gasteiger partial charge in [0, 0.05) is 19.7 Å². The van der Waals surface area contributed by atoms with E-state index in [0.717, 1.165) is 4.47 Å². The molecular weight excluding hydrogens is 514 g/mol. The highest BCUT2D eigenvalue weighted by atomic mass is 79.9. The molecule has 0 fully saturated rings. The van der Waals surface area contributed by atoms with E-state index >= 15 is 0 Å². The van der Waals surface area contributed by atoms with Crippen LogP contribution in [0.25, 0.3) is 27.3 Å². The molecule has 0 aliphatic rings. The van der Waals surface area contributed by atoms with Gasteiger partial charge in [0.2, 0.25) is 5.88 Å². The van der Waals surface area contributed by atoms with Crippen LogP contribution in [0.15, 0.2) is 80.5 Å². The molecule has 0 atom stereocenters. The van der Waals surface area contributed by atoms with Gasteiger partial charge >= 0.3 is 5.97 Å². The number of benzene rings is 3. The lowest BCUT2D eigenvalue weighted by Gasteiger charge is -2.11. The zero-order valence-electron chi connectivity index (χ0n) is 15.2. The number of rotatable bonds is 2. The number of hydrogen-bond donors (Lipinski definition) is 0. The van der Waals surface area contributed by atoms with E-state index in [1.807, 2.05) is 30.3 Å². The second-order valence-electron chi connectivity index (χ2n) is 6.54. The summed E-state index contributed by atoms with van der Waals surface area (Å²) in [6.45, 7) is 0. The predicted octanol–water partition coefficient (Wildman–Crippen LogP) is 5.14. The predicted molar refractivity (Wildman–Crippen MR) is 121 cm³/mol. The zero-order chi connectivity index (χ0) is 20.8. The summed E-state index contributed by atoms with van der Waals surface area (Å²) in [5.74, 6) is -0.510.